The summed E-state index contributed by atoms with van der Waals surface area (Å²) >= 11 is 0. The molecule has 0 saturated carbocycles. The standard InChI is InChI=1S/C17H19NO/c1-13(2)12-16(14-8-10-18-11-9-14)17(19)15-6-4-3-5-7-15/h3-11,13,16H,12H2,1-2H3. The number of benzene rings is 1. The van der Waals surface area contributed by atoms with Crippen molar-refractivity contribution in [1.82, 2.24) is 4.98 Å². The van der Waals surface area contributed by atoms with Crippen molar-refractivity contribution in [2.24, 2.45) is 5.92 Å². The third kappa shape index (κ3) is 3.50. The van der Waals surface area contributed by atoms with Crippen molar-refractivity contribution < 1.29 is 4.79 Å². The van der Waals surface area contributed by atoms with Crippen LogP contribution in [0.4, 0.5) is 0 Å². The SMILES string of the molecule is CC(C)CC(C(=O)c1ccccc1)c1ccncc1. The molecule has 1 aromatic heterocycles. The van der Waals surface area contributed by atoms with Crippen LogP contribution >= 0.6 is 0 Å². The van der Waals surface area contributed by atoms with Crippen molar-refractivity contribution in [2.45, 2.75) is 26.2 Å². The molecule has 0 radical (unpaired) electrons. The molecule has 1 aromatic carbocycles. The van der Waals surface area contributed by atoms with Gasteiger partial charge in [0.15, 0.2) is 5.78 Å². The fraction of sp³-hybridized carbons (Fsp3) is 0.294. The van der Waals surface area contributed by atoms with Crippen molar-refractivity contribution in [3.8, 4) is 0 Å². The van der Waals surface area contributed by atoms with Gasteiger partial charge < -0.3 is 0 Å². The van der Waals surface area contributed by atoms with Crippen LogP contribution in [-0.2, 0) is 0 Å². The second kappa shape index (κ2) is 6.28. The molecule has 2 rings (SSSR count). The van der Waals surface area contributed by atoms with E-state index in [4.69, 9.17) is 0 Å². The molecule has 0 fully saturated rings. The Morgan fingerprint density at radius 3 is 2.26 bits per heavy atom. The molecule has 0 spiro atoms. The monoisotopic (exact) mass is 253 g/mol. The Balaban J connectivity index is 2.31. The first-order chi connectivity index (χ1) is 9.18. The maximum atomic E-state index is 12.7. The first-order valence-corrected chi connectivity index (χ1v) is 6.67. The minimum atomic E-state index is -0.0783. The van der Waals surface area contributed by atoms with Crippen molar-refractivity contribution in [1.29, 1.82) is 0 Å². The van der Waals surface area contributed by atoms with Crippen molar-refractivity contribution in [2.75, 3.05) is 0 Å². The number of ketones is 1. The van der Waals surface area contributed by atoms with Crippen LogP contribution in [0.5, 0.6) is 0 Å². The zero-order chi connectivity index (χ0) is 13.7. The van der Waals surface area contributed by atoms with Crippen molar-refractivity contribution >= 4 is 5.78 Å². The van der Waals surface area contributed by atoms with E-state index in [9.17, 15) is 4.79 Å². The molecular formula is C17H19NO. The number of rotatable bonds is 5. The first kappa shape index (κ1) is 13.5. The smallest absolute Gasteiger partial charge is 0.170 e. The zero-order valence-electron chi connectivity index (χ0n) is 11.4. The summed E-state index contributed by atoms with van der Waals surface area (Å²) in [5.41, 5.74) is 1.84. The van der Waals surface area contributed by atoms with E-state index < -0.39 is 0 Å². The second-order valence-corrected chi connectivity index (χ2v) is 5.19. The third-order valence-corrected chi connectivity index (χ3v) is 3.19. The van der Waals surface area contributed by atoms with Crippen LogP contribution in [0.15, 0.2) is 54.9 Å². The van der Waals surface area contributed by atoms with Gasteiger partial charge in [0.05, 0.1) is 0 Å². The number of pyridine rings is 1. The lowest BCUT2D eigenvalue weighted by Crippen LogP contribution is -2.15. The van der Waals surface area contributed by atoms with Gasteiger partial charge in [-0.25, -0.2) is 0 Å². The van der Waals surface area contributed by atoms with E-state index in [1.807, 2.05) is 42.5 Å². The summed E-state index contributed by atoms with van der Waals surface area (Å²) in [6, 6.07) is 13.4. The van der Waals surface area contributed by atoms with Gasteiger partial charge in [0.2, 0.25) is 0 Å². The summed E-state index contributed by atoms with van der Waals surface area (Å²) in [5, 5.41) is 0. The molecule has 19 heavy (non-hydrogen) atoms. The predicted octanol–water partition coefficient (Wildman–Crippen LogP) is 4.09. The molecule has 2 heteroatoms. The maximum absolute atomic E-state index is 12.7. The van der Waals surface area contributed by atoms with Crippen molar-refractivity contribution in [3.63, 3.8) is 0 Å². The molecule has 0 amide bonds. The van der Waals surface area contributed by atoms with Gasteiger partial charge in [-0.1, -0.05) is 44.2 Å². The van der Waals surface area contributed by atoms with Crippen LogP contribution in [0.2, 0.25) is 0 Å². The van der Waals surface area contributed by atoms with Gasteiger partial charge in [-0.2, -0.15) is 0 Å². The number of carbonyl (C=O) groups is 1. The Hall–Kier alpha value is -1.96. The molecule has 0 bridgehead atoms. The predicted molar refractivity (Wildman–Crippen MR) is 77.2 cm³/mol. The molecule has 0 N–H and O–H groups in total. The van der Waals surface area contributed by atoms with Crippen molar-refractivity contribution in [3.05, 3.63) is 66.0 Å². The molecule has 0 aliphatic heterocycles. The molecule has 1 unspecified atom stereocenters. The van der Waals surface area contributed by atoms with E-state index >= 15 is 0 Å². The number of hydrogen-bond donors (Lipinski definition) is 0. The van der Waals surface area contributed by atoms with Gasteiger partial charge in [-0.05, 0) is 30.0 Å². The quantitative estimate of drug-likeness (QED) is 0.751. The zero-order valence-corrected chi connectivity index (χ0v) is 11.4. The number of nitrogens with zero attached hydrogens (tertiary/aromatic N) is 1. The van der Waals surface area contributed by atoms with E-state index in [1.165, 1.54) is 0 Å². The highest BCUT2D eigenvalue weighted by Crippen LogP contribution is 2.27. The number of Topliss-reactive ketones (excluding diaryl/α,β-unsaturated/α-hetero) is 1. The normalized spacial score (nSPS) is 12.4. The van der Waals surface area contributed by atoms with E-state index in [1.54, 1.807) is 12.4 Å². The molecule has 98 valence electrons. The summed E-state index contributed by atoms with van der Waals surface area (Å²) in [6.45, 7) is 4.29. The summed E-state index contributed by atoms with van der Waals surface area (Å²) < 4.78 is 0. The molecular weight excluding hydrogens is 234 g/mol. The highest BCUT2D eigenvalue weighted by Gasteiger charge is 2.22. The number of hydrogen-bond acceptors (Lipinski definition) is 2. The number of aromatic nitrogens is 1. The molecule has 2 aromatic rings. The van der Waals surface area contributed by atoms with Gasteiger partial charge in [-0.15, -0.1) is 0 Å². The highest BCUT2D eigenvalue weighted by molar-refractivity contribution is 6.00. The lowest BCUT2D eigenvalue weighted by Gasteiger charge is -2.18. The van der Waals surface area contributed by atoms with Gasteiger partial charge in [-0.3, -0.25) is 9.78 Å². The molecule has 2 nitrogen and oxygen atoms in total. The summed E-state index contributed by atoms with van der Waals surface area (Å²) in [4.78, 5) is 16.7. The van der Waals surface area contributed by atoms with E-state index in [2.05, 4.69) is 18.8 Å². The van der Waals surface area contributed by atoms with E-state index in [0.717, 1.165) is 17.5 Å². The Labute approximate surface area is 114 Å². The largest absolute Gasteiger partial charge is 0.293 e. The van der Waals surface area contributed by atoms with Gasteiger partial charge in [0, 0.05) is 23.9 Å². The summed E-state index contributed by atoms with van der Waals surface area (Å²) in [5.74, 6) is 0.594. The topological polar surface area (TPSA) is 30.0 Å². The molecule has 0 aliphatic carbocycles. The van der Waals surface area contributed by atoms with Crippen LogP contribution in [0.3, 0.4) is 0 Å². The second-order valence-electron chi connectivity index (χ2n) is 5.19. The van der Waals surface area contributed by atoms with E-state index in [-0.39, 0.29) is 11.7 Å². The Kier molecular flexibility index (Phi) is 4.45. The van der Waals surface area contributed by atoms with Crippen LogP contribution in [0, 0.1) is 5.92 Å². The summed E-state index contributed by atoms with van der Waals surface area (Å²) in [6.07, 6.45) is 4.36. The van der Waals surface area contributed by atoms with Gasteiger partial charge in [0.1, 0.15) is 0 Å². The summed E-state index contributed by atoms with van der Waals surface area (Å²) in [7, 11) is 0. The average Bonchev–Trinajstić information content (AvgIpc) is 2.46. The Bertz CT molecular complexity index is 519. The molecule has 0 aliphatic rings. The highest BCUT2D eigenvalue weighted by atomic mass is 16.1. The van der Waals surface area contributed by atoms with Crippen LogP contribution < -0.4 is 0 Å². The Morgan fingerprint density at radius 1 is 1.05 bits per heavy atom. The molecule has 0 saturated heterocycles. The maximum Gasteiger partial charge on any atom is 0.170 e. The van der Waals surface area contributed by atoms with Crippen LogP contribution in [-0.4, -0.2) is 10.8 Å². The third-order valence-electron chi connectivity index (χ3n) is 3.19. The fourth-order valence-corrected chi connectivity index (χ4v) is 2.27. The van der Waals surface area contributed by atoms with Gasteiger partial charge in [0.25, 0.3) is 0 Å². The molecule has 1 atom stereocenters. The van der Waals surface area contributed by atoms with Gasteiger partial charge >= 0.3 is 0 Å². The van der Waals surface area contributed by atoms with E-state index in [0.29, 0.717) is 5.92 Å². The lowest BCUT2D eigenvalue weighted by atomic mass is 9.85. The number of carbonyl (C=O) groups excluding carboxylic acids is 1. The van der Waals surface area contributed by atoms with Crippen LogP contribution in [0.1, 0.15) is 42.1 Å². The minimum Gasteiger partial charge on any atom is -0.293 e. The average molecular weight is 253 g/mol. The first-order valence-electron chi connectivity index (χ1n) is 6.67. The van der Waals surface area contributed by atoms with Crippen LogP contribution in [0.25, 0.3) is 0 Å². The Morgan fingerprint density at radius 2 is 1.68 bits per heavy atom. The minimum absolute atomic E-state index is 0.0783. The lowest BCUT2D eigenvalue weighted by molar-refractivity contribution is 0.0948. The fourth-order valence-electron chi connectivity index (χ4n) is 2.27. The molecule has 1 heterocycles.